The highest BCUT2D eigenvalue weighted by Crippen LogP contribution is 2.25. The van der Waals surface area contributed by atoms with Crippen LogP contribution in [0.2, 0.25) is 0 Å². The molecular formula is C18H19FN4O2. The van der Waals surface area contributed by atoms with Crippen LogP contribution in [0.4, 0.5) is 21.6 Å². The van der Waals surface area contributed by atoms with Crippen LogP contribution < -0.4 is 15.5 Å². The van der Waals surface area contributed by atoms with Crippen LogP contribution in [0.1, 0.15) is 30.1 Å². The van der Waals surface area contributed by atoms with Gasteiger partial charge in [0.05, 0.1) is 11.3 Å². The van der Waals surface area contributed by atoms with Crippen LogP contribution in [-0.2, 0) is 4.79 Å². The van der Waals surface area contributed by atoms with E-state index in [0.717, 1.165) is 25.9 Å². The molecule has 1 aliphatic rings. The highest BCUT2D eigenvalue weighted by molar-refractivity contribution is 6.08. The molecule has 1 aromatic heterocycles. The molecule has 130 valence electrons. The van der Waals surface area contributed by atoms with Crippen LogP contribution in [0.5, 0.6) is 0 Å². The first kappa shape index (κ1) is 16.9. The molecule has 0 atom stereocenters. The molecule has 1 saturated heterocycles. The minimum Gasteiger partial charge on any atom is -0.356 e. The highest BCUT2D eigenvalue weighted by Gasteiger charge is 2.21. The van der Waals surface area contributed by atoms with E-state index < -0.39 is 11.7 Å². The average Bonchev–Trinajstić information content (AvgIpc) is 3.12. The smallest absolute Gasteiger partial charge is 0.259 e. The van der Waals surface area contributed by atoms with Gasteiger partial charge in [0.2, 0.25) is 5.91 Å². The van der Waals surface area contributed by atoms with Crippen molar-refractivity contribution in [2.24, 2.45) is 0 Å². The van der Waals surface area contributed by atoms with Gasteiger partial charge in [-0.2, -0.15) is 0 Å². The lowest BCUT2D eigenvalue weighted by atomic mass is 10.2. The molecule has 0 bridgehead atoms. The quantitative estimate of drug-likeness (QED) is 0.896. The Kier molecular flexibility index (Phi) is 4.92. The normalized spacial score (nSPS) is 13.6. The summed E-state index contributed by atoms with van der Waals surface area (Å²) in [7, 11) is 0. The Bertz CT molecular complexity index is 803. The fourth-order valence-electron chi connectivity index (χ4n) is 2.85. The summed E-state index contributed by atoms with van der Waals surface area (Å²) in [6.07, 6.45) is 3.76. The van der Waals surface area contributed by atoms with E-state index in [1.807, 2.05) is 0 Å². The molecule has 1 fully saturated rings. The molecule has 1 aromatic carbocycles. The summed E-state index contributed by atoms with van der Waals surface area (Å²) >= 11 is 0. The van der Waals surface area contributed by atoms with Gasteiger partial charge in [0.1, 0.15) is 11.6 Å². The van der Waals surface area contributed by atoms with Crippen molar-refractivity contribution in [1.29, 1.82) is 0 Å². The van der Waals surface area contributed by atoms with Crippen LogP contribution in [0, 0.1) is 5.82 Å². The number of hydrogen-bond donors (Lipinski definition) is 2. The van der Waals surface area contributed by atoms with Crippen molar-refractivity contribution < 1.29 is 14.0 Å². The lowest BCUT2D eigenvalue weighted by Crippen LogP contribution is -2.24. The largest absolute Gasteiger partial charge is 0.356 e. The summed E-state index contributed by atoms with van der Waals surface area (Å²) in [6, 6.07) is 7.38. The lowest BCUT2D eigenvalue weighted by Gasteiger charge is -2.19. The zero-order chi connectivity index (χ0) is 17.8. The number of aromatic nitrogens is 1. The topological polar surface area (TPSA) is 74.3 Å². The number of carbonyl (C=O) groups excluding carboxylic acids is 2. The molecule has 3 rings (SSSR count). The van der Waals surface area contributed by atoms with E-state index in [9.17, 15) is 14.0 Å². The van der Waals surface area contributed by atoms with Gasteiger partial charge in [0, 0.05) is 31.9 Å². The molecule has 25 heavy (non-hydrogen) atoms. The molecule has 7 heteroatoms. The van der Waals surface area contributed by atoms with Gasteiger partial charge < -0.3 is 15.5 Å². The summed E-state index contributed by atoms with van der Waals surface area (Å²) in [4.78, 5) is 30.2. The van der Waals surface area contributed by atoms with Crippen molar-refractivity contribution in [2.45, 2.75) is 19.8 Å². The van der Waals surface area contributed by atoms with E-state index in [1.54, 1.807) is 18.3 Å². The number of hydrogen-bond acceptors (Lipinski definition) is 4. The van der Waals surface area contributed by atoms with Crippen molar-refractivity contribution in [3.8, 4) is 0 Å². The Morgan fingerprint density at radius 1 is 1.16 bits per heavy atom. The van der Waals surface area contributed by atoms with Crippen molar-refractivity contribution in [2.75, 3.05) is 28.6 Å². The maximum Gasteiger partial charge on any atom is 0.259 e. The second kappa shape index (κ2) is 7.29. The molecule has 0 radical (unpaired) electrons. The first-order chi connectivity index (χ1) is 12.0. The van der Waals surface area contributed by atoms with Crippen molar-refractivity contribution in [3.05, 3.63) is 47.9 Å². The van der Waals surface area contributed by atoms with Crippen LogP contribution in [0.3, 0.4) is 0 Å². The van der Waals surface area contributed by atoms with Crippen molar-refractivity contribution >= 4 is 29.0 Å². The molecule has 0 saturated carbocycles. The Morgan fingerprint density at radius 2 is 1.92 bits per heavy atom. The van der Waals surface area contributed by atoms with E-state index in [2.05, 4.69) is 20.5 Å². The second-order valence-electron chi connectivity index (χ2n) is 5.90. The Labute approximate surface area is 145 Å². The summed E-state index contributed by atoms with van der Waals surface area (Å²) in [5, 5.41) is 5.14. The number of rotatable bonds is 4. The minimum atomic E-state index is -0.575. The molecule has 6 nitrogen and oxygen atoms in total. The van der Waals surface area contributed by atoms with Crippen LogP contribution >= 0.6 is 0 Å². The van der Waals surface area contributed by atoms with E-state index in [0.29, 0.717) is 17.1 Å². The number of benzene rings is 1. The number of anilines is 3. The standard InChI is InChI=1S/C18H19FN4O2/c1-12(24)21-13-6-7-15(19)16(11-13)22-18(25)14-5-4-8-20-17(14)23-9-2-3-10-23/h4-8,11H,2-3,9-10H2,1H3,(H,21,24)(H,22,25). The number of nitrogens with zero attached hydrogens (tertiary/aromatic N) is 2. The summed E-state index contributed by atoms with van der Waals surface area (Å²) in [6.45, 7) is 3.06. The fraction of sp³-hybridized carbons (Fsp3) is 0.278. The van der Waals surface area contributed by atoms with Gasteiger partial charge in [-0.3, -0.25) is 9.59 Å². The van der Waals surface area contributed by atoms with E-state index in [1.165, 1.54) is 25.1 Å². The maximum absolute atomic E-state index is 14.0. The fourth-order valence-corrected chi connectivity index (χ4v) is 2.85. The maximum atomic E-state index is 14.0. The Balaban J connectivity index is 1.84. The molecule has 0 spiro atoms. The van der Waals surface area contributed by atoms with Gasteiger partial charge >= 0.3 is 0 Å². The van der Waals surface area contributed by atoms with Crippen LogP contribution in [0.15, 0.2) is 36.5 Å². The predicted molar refractivity (Wildman–Crippen MR) is 94.3 cm³/mol. The van der Waals surface area contributed by atoms with Gasteiger partial charge in [-0.25, -0.2) is 9.37 Å². The third-order valence-electron chi connectivity index (χ3n) is 3.97. The first-order valence-corrected chi connectivity index (χ1v) is 8.13. The molecule has 2 N–H and O–H groups in total. The number of halogens is 1. The number of amides is 2. The molecule has 2 amide bonds. The minimum absolute atomic E-state index is 0.00692. The SMILES string of the molecule is CC(=O)Nc1ccc(F)c(NC(=O)c2cccnc2N2CCCC2)c1. The summed E-state index contributed by atoms with van der Waals surface area (Å²) in [5.41, 5.74) is 0.816. The summed E-state index contributed by atoms with van der Waals surface area (Å²) < 4.78 is 14.0. The predicted octanol–water partition coefficient (Wildman–Crippen LogP) is 3.03. The Hall–Kier alpha value is -2.96. The van der Waals surface area contributed by atoms with Gasteiger partial charge in [-0.1, -0.05) is 0 Å². The second-order valence-corrected chi connectivity index (χ2v) is 5.90. The zero-order valence-corrected chi connectivity index (χ0v) is 13.9. The molecule has 0 unspecified atom stereocenters. The number of nitrogens with one attached hydrogen (secondary N) is 2. The monoisotopic (exact) mass is 342 g/mol. The highest BCUT2D eigenvalue weighted by atomic mass is 19.1. The van der Waals surface area contributed by atoms with Crippen LogP contribution in [-0.4, -0.2) is 29.9 Å². The molecule has 0 aliphatic carbocycles. The molecular weight excluding hydrogens is 323 g/mol. The molecule has 1 aliphatic heterocycles. The average molecular weight is 342 g/mol. The van der Waals surface area contributed by atoms with Gasteiger partial charge in [-0.05, 0) is 43.2 Å². The van der Waals surface area contributed by atoms with E-state index in [-0.39, 0.29) is 11.6 Å². The molecule has 2 heterocycles. The van der Waals surface area contributed by atoms with Gasteiger partial charge in [0.25, 0.3) is 5.91 Å². The summed E-state index contributed by atoms with van der Waals surface area (Å²) in [5.74, 6) is -0.675. The first-order valence-electron chi connectivity index (χ1n) is 8.13. The third-order valence-corrected chi connectivity index (χ3v) is 3.97. The van der Waals surface area contributed by atoms with Crippen LogP contribution in [0.25, 0.3) is 0 Å². The number of pyridine rings is 1. The molecule has 2 aromatic rings. The van der Waals surface area contributed by atoms with E-state index in [4.69, 9.17) is 0 Å². The lowest BCUT2D eigenvalue weighted by molar-refractivity contribution is -0.114. The number of carbonyl (C=O) groups is 2. The zero-order valence-electron chi connectivity index (χ0n) is 13.9. The van der Waals surface area contributed by atoms with Gasteiger partial charge in [0.15, 0.2) is 0 Å². The van der Waals surface area contributed by atoms with Crippen molar-refractivity contribution in [1.82, 2.24) is 4.98 Å². The van der Waals surface area contributed by atoms with E-state index >= 15 is 0 Å². The van der Waals surface area contributed by atoms with Crippen molar-refractivity contribution in [3.63, 3.8) is 0 Å². The third kappa shape index (κ3) is 3.93. The Morgan fingerprint density at radius 3 is 2.64 bits per heavy atom. The van der Waals surface area contributed by atoms with Gasteiger partial charge in [-0.15, -0.1) is 0 Å².